The van der Waals surface area contributed by atoms with Crippen LogP contribution in [-0.4, -0.2) is 43.4 Å². The third kappa shape index (κ3) is 7.93. The third-order valence-corrected chi connectivity index (χ3v) is 7.46. The molecule has 40 heavy (non-hydrogen) atoms. The number of oxazole rings is 1. The van der Waals surface area contributed by atoms with E-state index >= 15 is 0 Å². The number of hydrogen-bond donors (Lipinski definition) is 1. The monoisotopic (exact) mass is 563 g/mol. The van der Waals surface area contributed by atoms with Crippen molar-refractivity contribution in [2.75, 3.05) is 24.5 Å². The predicted molar refractivity (Wildman–Crippen MR) is 153 cm³/mol. The maximum Gasteiger partial charge on any atom is 0.321 e. The Morgan fingerprint density at radius 1 is 1.00 bits per heavy atom. The highest BCUT2D eigenvalue weighted by atomic mass is 32.2. The zero-order valence-corrected chi connectivity index (χ0v) is 23.6. The summed E-state index contributed by atoms with van der Waals surface area (Å²) in [5.74, 6) is 1.23. The first kappa shape index (κ1) is 28.8. The highest BCUT2D eigenvalue weighted by molar-refractivity contribution is 7.90. The van der Waals surface area contributed by atoms with Crippen molar-refractivity contribution in [3.8, 4) is 17.2 Å². The smallest absolute Gasteiger partial charge is 0.321 e. The van der Waals surface area contributed by atoms with Crippen LogP contribution < -0.4 is 9.46 Å². The van der Waals surface area contributed by atoms with Gasteiger partial charge in [0.25, 0.3) is 0 Å². The highest BCUT2D eigenvalue weighted by Crippen LogP contribution is 2.23. The van der Waals surface area contributed by atoms with Crippen LogP contribution in [0.5, 0.6) is 5.75 Å². The summed E-state index contributed by atoms with van der Waals surface area (Å²) in [7, 11) is -4.07. The van der Waals surface area contributed by atoms with E-state index in [1.54, 1.807) is 55.5 Å². The fraction of sp³-hybridized carbons (Fsp3) is 0.267. The molecule has 1 heterocycles. The Bertz CT molecular complexity index is 1520. The Labute approximate surface area is 234 Å². The van der Waals surface area contributed by atoms with Gasteiger partial charge in [-0.05, 0) is 62.7 Å². The maximum atomic E-state index is 13.2. The number of carbonyl (C=O) groups excluding carboxylic acids is 1. The van der Waals surface area contributed by atoms with Crippen LogP contribution in [0.25, 0.3) is 11.5 Å². The van der Waals surface area contributed by atoms with Crippen LogP contribution in [0.1, 0.15) is 29.5 Å². The molecule has 0 saturated heterocycles. The first-order valence-electron chi connectivity index (χ1n) is 13.0. The van der Waals surface area contributed by atoms with E-state index in [2.05, 4.69) is 9.71 Å². The predicted octanol–water partition coefficient (Wildman–Crippen LogP) is 5.30. The second-order valence-electron chi connectivity index (χ2n) is 9.18. The third-order valence-electron chi connectivity index (χ3n) is 6.03. The normalized spacial score (nSPS) is 11.4. The molecule has 4 rings (SSSR count). The number of nitrogens with one attached hydrogen (secondary N) is 1. The van der Waals surface area contributed by atoms with E-state index in [1.807, 2.05) is 44.2 Å². The van der Waals surface area contributed by atoms with Crippen molar-refractivity contribution in [1.82, 2.24) is 9.29 Å². The van der Waals surface area contributed by atoms with Gasteiger partial charge in [0.2, 0.25) is 5.89 Å². The molecule has 0 radical (unpaired) electrons. The number of hydrogen-bond acceptors (Lipinski definition) is 7. The summed E-state index contributed by atoms with van der Waals surface area (Å²) in [5.41, 5.74) is 3.77. The summed E-state index contributed by atoms with van der Waals surface area (Å²) < 4.78 is 46.9. The molecule has 3 aromatic carbocycles. The maximum absolute atomic E-state index is 13.2. The molecule has 10 heteroatoms. The molecular weight excluding hydrogens is 530 g/mol. The highest BCUT2D eigenvalue weighted by Gasteiger charge is 2.26. The van der Waals surface area contributed by atoms with Crippen LogP contribution in [-0.2, 0) is 32.7 Å². The van der Waals surface area contributed by atoms with Crippen LogP contribution in [0, 0.1) is 13.8 Å². The number of ether oxygens (including phenoxy) is 2. The number of anilines is 1. The van der Waals surface area contributed by atoms with Crippen molar-refractivity contribution in [3.63, 3.8) is 0 Å². The molecule has 4 aromatic rings. The van der Waals surface area contributed by atoms with Crippen LogP contribution >= 0.6 is 0 Å². The summed E-state index contributed by atoms with van der Waals surface area (Å²) in [4.78, 5) is 16.9. The molecule has 210 valence electrons. The molecule has 0 aliphatic heterocycles. The van der Waals surface area contributed by atoms with E-state index in [4.69, 9.17) is 13.9 Å². The Kier molecular flexibility index (Phi) is 9.57. The SMILES string of the molecule is CCOC(=O)CN(Cc1cccc(OCCc2nc(-c3ccccc3)oc2C)c1)S(=O)(=O)Nc1ccc(C)cc1. The van der Waals surface area contributed by atoms with E-state index in [1.165, 1.54) is 0 Å². The van der Waals surface area contributed by atoms with Gasteiger partial charge in [-0.25, -0.2) is 4.98 Å². The van der Waals surface area contributed by atoms with Crippen LogP contribution in [0.15, 0.2) is 83.3 Å². The minimum absolute atomic E-state index is 0.0555. The lowest BCUT2D eigenvalue weighted by Gasteiger charge is -2.22. The van der Waals surface area contributed by atoms with Crippen molar-refractivity contribution < 1.29 is 27.1 Å². The largest absolute Gasteiger partial charge is 0.493 e. The van der Waals surface area contributed by atoms with Gasteiger partial charge in [-0.1, -0.05) is 48.0 Å². The Morgan fingerprint density at radius 3 is 2.48 bits per heavy atom. The minimum Gasteiger partial charge on any atom is -0.493 e. The molecule has 0 spiro atoms. The molecule has 1 aromatic heterocycles. The van der Waals surface area contributed by atoms with Gasteiger partial charge >= 0.3 is 16.2 Å². The summed E-state index contributed by atoms with van der Waals surface area (Å²) in [6.45, 7) is 5.47. The molecule has 0 atom stereocenters. The van der Waals surface area contributed by atoms with E-state index in [0.29, 0.717) is 35.9 Å². The van der Waals surface area contributed by atoms with Gasteiger partial charge in [0, 0.05) is 24.2 Å². The zero-order chi connectivity index (χ0) is 28.5. The fourth-order valence-electron chi connectivity index (χ4n) is 3.98. The first-order chi connectivity index (χ1) is 19.2. The van der Waals surface area contributed by atoms with Crippen LogP contribution in [0.2, 0.25) is 0 Å². The van der Waals surface area contributed by atoms with Crippen LogP contribution in [0.4, 0.5) is 5.69 Å². The van der Waals surface area contributed by atoms with Crippen LogP contribution in [0.3, 0.4) is 0 Å². The number of aromatic nitrogens is 1. The van der Waals surface area contributed by atoms with Crippen molar-refractivity contribution in [2.45, 2.75) is 33.7 Å². The quantitative estimate of drug-likeness (QED) is 0.220. The molecule has 0 amide bonds. The fourth-order valence-corrected chi connectivity index (χ4v) is 5.14. The topological polar surface area (TPSA) is 111 Å². The Balaban J connectivity index is 1.43. The molecule has 0 saturated carbocycles. The van der Waals surface area contributed by atoms with E-state index in [0.717, 1.165) is 26.9 Å². The second kappa shape index (κ2) is 13.3. The molecule has 0 aliphatic rings. The second-order valence-corrected chi connectivity index (χ2v) is 10.9. The summed E-state index contributed by atoms with van der Waals surface area (Å²) in [6.07, 6.45) is 0.538. The lowest BCUT2D eigenvalue weighted by atomic mass is 10.2. The molecule has 1 N–H and O–H groups in total. The van der Waals surface area contributed by atoms with E-state index < -0.39 is 22.7 Å². The summed E-state index contributed by atoms with van der Waals surface area (Å²) >= 11 is 0. The number of carbonyl (C=O) groups is 1. The number of rotatable bonds is 13. The van der Waals surface area contributed by atoms with Gasteiger partial charge in [-0.2, -0.15) is 12.7 Å². The summed E-state index contributed by atoms with van der Waals surface area (Å²) in [6, 6.07) is 23.7. The molecule has 0 unspecified atom stereocenters. The average molecular weight is 564 g/mol. The van der Waals surface area contributed by atoms with Gasteiger partial charge in [-0.3, -0.25) is 9.52 Å². The Hall–Kier alpha value is -4.15. The number of esters is 1. The van der Waals surface area contributed by atoms with E-state index in [9.17, 15) is 13.2 Å². The van der Waals surface area contributed by atoms with Crippen molar-refractivity contribution in [3.05, 3.63) is 101 Å². The van der Waals surface area contributed by atoms with Crippen molar-refractivity contribution in [2.24, 2.45) is 0 Å². The van der Waals surface area contributed by atoms with Gasteiger partial charge in [0.15, 0.2) is 0 Å². The Morgan fingerprint density at radius 2 is 1.75 bits per heavy atom. The molecule has 0 aliphatic carbocycles. The standard InChI is InChI=1S/C30H33N3O6S/c1-4-37-29(34)21-33(40(35,36)32-26-15-13-22(2)14-16-26)20-24-9-8-12-27(19-24)38-18-17-28-23(3)39-30(31-28)25-10-6-5-7-11-25/h5-16,19,32H,4,17-18,20-21H2,1-3H3. The van der Waals surface area contributed by atoms with Gasteiger partial charge in [0.05, 0.1) is 18.9 Å². The number of benzene rings is 3. The zero-order valence-electron chi connectivity index (χ0n) is 22.8. The molecule has 0 fully saturated rings. The molecular formula is C30H33N3O6S. The first-order valence-corrected chi connectivity index (χ1v) is 14.4. The molecule has 9 nitrogen and oxygen atoms in total. The number of aryl methyl sites for hydroxylation is 2. The lowest BCUT2D eigenvalue weighted by molar-refractivity contribution is -0.143. The number of nitrogens with zero attached hydrogens (tertiary/aromatic N) is 2. The van der Waals surface area contributed by atoms with Gasteiger partial charge in [0.1, 0.15) is 18.1 Å². The molecule has 0 bridgehead atoms. The van der Waals surface area contributed by atoms with Crippen molar-refractivity contribution in [1.29, 1.82) is 0 Å². The average Bonchev–Trinajstić information content (AvgIpc) is 3.30. The van der Waals surface area contributed by atoms with E-state index in [-0.39, 0.29) is 13.2 Å². The summed E-state index contributed by atoms with van der Waals surface area (Å²) in [5, 5.41) is 0. The van der Waals surface area contributed by atoms with Crippen molar-refractivity contribution >= 4 is 21.9 Å². The van der Waals surface area contributed by atoms with Gasteiger partial charge < -0.3 is 13.9 Å². The van der Waals surface area contributed by atoms with Gasteiger partial charge in [-0.15, -0.1) is 0 Å². The lowest BCUT2D eigenvalue weighted by Crippen LogP contribution is -2.39. The minimum atomic E-state index is -4.07.